The molecule has 0 saturated carbocycles. The van der Waals surface area contributed by atoms with Crippen molar-refractivity contribution in [1.29, 1.82) is 0 Å². The highest BCUT2D eigenvalue weighted by molar-refractivity contribution is 9.10. The van der Waals surface area contributed by atoms with Crippen LogP contribution in [0.1, 0.15) is 71.4 Å². The third-order valence-corrected chi connectivity index (χ3v) is 8.32. The Bertz CT molecular complexity index is 1410. The SMILES string of the molecule is CCCCCOc1c(Br)cc(C2C(C(=O)Nc3ccccc3OCC)=C(C)Nc3nc(SCCCC)nn32)cc1OC. The van der Waals surface area contributed by atoms with Gasteiger partial charge in [0.25, 0.3) is 5.91 Å². The van der Waals surface area contributed by atoms with Gasteiger partial charge in [0.15, 0.2) is 11.5 Å². The highest BCUT2D eigenvalue weighted by Crippen LogP contribution is 2.43. The monoisotopic (exact) mass is 657 g/mol. The Morgan fingerprint density at radius 3 is 2.62 bits per heavy atom. The summed E-state index contributed by atoms with van der Waals surface area (Å²) in [6.07, 6.45) is 5.32. The zero-order valence-corrected chi connectivity index (χ0v) is 27.4. The number of thioether (sulfide) groups is 1. The summed E-state index contributed by atoms with van der Waals surface area (Å²) in [4.78, 5) is 18.8. The third kappa shape index (κ3) is 7.42. The van der Waals surface area contributed by atoms with Gasteiger partial charge in [0.05, 0.1) is 36.1 Å². The summed E-state index contributed by atoms with van der Waals surface area (Å²) in [5, 5.41) is 11.9. The lowest BCUT2D eigenvalue weighted by Gasteiger charge is -2.29. The van der Waals surface area contributed by atoms with Crippen LogP contribution >= 0.6 is 27.7 Å². The molecule has 0 fully saturated rings. The summed E-state index contributed by atoms with van der Waals surface area (Å²) in [5.41, 5.74) is 2.60. The number of amides is 1. The number of para-hydroxylation sites is 2. The maximum absolute atomic E-state index is 14.1. The number of hydrogen-bond acceptors (Lipinski definition) is 8. The van der Waals surface area contributed by atoms with Gasteiger partial charge in [0, 0.05) is 11.4 Å². The van der Waals surface area contributed by atoms with Gasteiger partial charge in [-0.3, -0.25) is 4.79 Å². The van der Waals surface area contributed by atoms with Gasteiger partial charge in [-0.15, -0.1) is 5.10 Å². The van der Waals surface area contributed by atoms with E-state index in [0.717, 1.165) is 47.9 Å². The second kappa shape index (κ2) is 15.3. The van der Waals surface area contributed by atoms with E-state index in [2.05, 4.69) is 40.4 Å². The summed E-state index contributed by atoms with van der Waals surface area (Å²) in [7, 11) is 1.62. The van der Waals surface area contributed by atoms with Crippen molar-refractivity contribution in [2.45, 2.75) is 71.0 Å². The molecule has 1 aromatic heterocycles. The molecule has 0 spiro atoms. The van der Waals surface area contributed by atoms with Gasteiger partial charge in [-0.05, 0) is 72.4 Å². The number of anilines is 2. The lowest BCUT2D eigenvalue weighted by molar-refractivity contribution is -0.113. The number of nitrogens with one attached hydrogen (secondary N) is 2. The zero-order chi connectivity index (χ0) is 30.1. The quantitative estimate of drug-likeness (QED) is 0.126. The van der Waals surface area contributed by atoms with E-state index < -0.39 is 6.04 Å². The van der Waals surface area contributed by atoms with Crippen LogP contribution in [0.15, 0.2) is 57.3 Å². The third-order valence-electron chi connectivity index (χ3n) is 6.80. The maximum Gasteiger partial charge on any atom is 0.255 e. The Labute approximate surface area is 260 Å². The van der Waals surface area contributed by atoms with Crippen LogP contribution in [-0.4, -0.2) is 46.7 Å². The number of nitrogens with zero attached hydrogens (tertiary/aromatic N) is 3. The lowest BCUT2D eigenvalue weighted by atomic mass is 9.94. The predicted molar refractivity (Wildman–Crippen MR) is 172 cm³/mol. The van der Waals surface area contributed by atoms with E-state index in [-0.39, 0.29) is 5.91 Å². The number of unbranched alkanes of at least 4 members (excludes halogenated alkanes) is 3. The smallest absolute Gasteiger partial charge is 0.255 e. The van der Waals surface area contributed by atoms with E-state index in [4.69, 9.17) is 24.3 Å². The first-order valence-electron chi connectivity index (χ1n) is 14.5. The second-order valence-corrected chi connectivity index (χ2v) is 11.8. The average molecular weight is 659 g/mol. The first kappa shape index (κ1) is 31.7. The van der Waals surface area contributed by atoms with Crippen LogP contribution in [0.25, 0.3) is 0 Å². The van der Waals surface area contributed by atoms with Crippen molar-refractivity contribution in [2.24, 2.45) is 0 Å². The van der Waals surface area contributed by atoms with Crippen LogP contribution < -0.4 is 24.8 Å². The minimum Gasteiger partial charge on any atom is -0.493 e. The van der Waals surface area contributed by atoms with E-state index in [1.807, 2.05) is 50.2 Å². The first-order chi connectivity index (χ1) is 20.4. The van der Waals surface area contributed by atoms with Gasteiger partial charge in [-0.25, -0.2) is 4.68 Å². The fourth-order valence-electron chi connectivity index (χ4n) is 4.71. The number of allylic oxidation sites excluding steroid dienone is 1. The number of benzene rings is 2. The molecule has 1 atom stereocenters. The molecule has 0 saturated heterocycles. The summed E-state index contributed by atoms with van der Waals surface area (Å²) < 4.78 is 20.2. The van der Waals surface area contributed by atoms with Gasteiger partial charge < -0.3 is 24.8 Å². The molecule has 3 aromatic rings. The number of carbonyl (C=O) groups is 1. The van der Waals surface area contributed by atoms with E-state index in [1.54, 1.807) is 23.6 Å². The number of carbonyl (C=O) groups excluding carboxylic acids is 1. The Morgan fingerprint density at radius 2 is 1.88 bits per heavy atom. The molecule has 1 unspecified atom stereocenters. The van der Waals surface area contributed by atoms with Crippen LogP contribution in [0.2, 0.25) is 0 Å². The number of hydrogen-bond donors (Lipinski definition) is 2. The van der Waals surface area contributed by atoms with Gasteiger partial charge in [0.1, 0.15) is 11.8 Å². The Hall–Kier alpha value is -3.18. The van der Waals surface area contributed by atoms with Crippen molar-refractivity contribution in [1.82, 2.24) is 14.8 Å². The van der Waals surface area contributed by atoms with E-state index in [1.165, 1.54) is 0 Å². The fourth-order valence-corrected chi connectivity index (χ4v) is 6.19. The number of methoxy groups -OCH3 is 1. The van der Waals surface area contributed by atoms with E-state index in [0.29, 0.717) is 58.5 Å². The standard InChI is InChI=1S/C31H40BrN5O4S/c1-6-9-13-16-41-28-22(32)18-21(19-25(28)39-5)27-26(29(38)34-23-14-11-12-15-24(23)40-8-3)20(4)33-30-35-31(36-37(27)30)42-17-10-7-2/h11-12,14-15,18-19,27H,6-10,13,16-17H2,1-5H3,(H,34,38)(H,33,35,36). The molecule has 2 aromatic carbocycles. The van der Waals surface area contributed by atoms with Crippen LogP contribution in [-0.2, 0) is 4.79 Å². The normalized spacial score (nSPS) is 14.3. The van der Waals surface area contributed by atoms with Crippen molar-refractivity contribution in [3.8, 4) is 17.2 Å². The molecule has 1 aliphatic heterocycles. The molecule has 2 N–H and O–H groups in total. The molecular formula is C31H40BrN5O4S. The Kier molecular flexibility index (Phi) is 11.6. The predicted octanol–water partition coefficient (Wildman–Crippen LogP) is 7.84. The lowest BCUT2D eigenvalue weighted by Crippen LogP contribution is -2.31. The summed E-state index contributed by atoms with van der Waals surface area (Å²) in [6.45, 7) is 9.20. The minimum atomic E-state index is -0.576. The van der Waals surface area contributed by atoms with Crippen LogP contribution in [0.3, 0.4) is 0 Å². The van der Waals surface area contributed by atoms with Crippen LogP contribution in [0, 0.1) is 0 Å². The molecular weight excluding hydrogens is 618 g/mol. The molecule has 0 aliphatic carbocycles. The Morgan fingerprint density at radius 1 is 1.10 bits per heavy atom. The number of aromatic nitrogens is 3. The molecule has 1 amide bonds. The molecule has 11 heteroatoms. The highest BCUT2D eigenvalue weighted by atomic mass is 79.9. The summed E-state index contributed by atoms with van der Waals surface area (Å²) in [5.74, 6) is 3.05. The maximum atomic E-state index is 14.1. The van der Waals surface area contributed by atoms with Crippen molar-refractivity contribution in [2.75, 3.05) is 36.7 Å². The highest BCUT2D eigenvalue weighted by Gasteiger charge is 2.35. The molecule has 1 aliphatic rings. The van der Waals surface area contributed by atoms with E-state index in [9.17, 15) is 4.79 Å². The largest absolute Gasteiger partial charge is 0.493 e. The topological polar surface area (TPSA) is 99.5 Å². The van der Waals surface area contributed by atoms with E-state index >= 15 is 0 Å². The van der Waals surface area contributed by atoms with Crippen LogP contribution in [0.5, 0.6) is 17.2 Å². The molecule has 0 radical (unpaired) electrons. The molecule has 226 valence electrons. The molecule has 4 rings (SSSR count). The average Bonchev–Trinajstić information content (AvgIpc) is 3.38. The first-order valence-corrected chi connectivity index (χ1v) is 16.3. The Balaban J connectivity index is 1.76. The molecule has 2 heterocycles. The van der Waals surface area contributed by atoms with Gasteiger partial charge in [0.2, 0.25) is 11.1 Å². The van der Waals surface area contributed by atoms with Crippen molar-refractivity contribution >= 4 is 45.2 Å². The number of ether oxygens (including phenoxy) is 3. The number of rotatable bonds is 15. The molecule has 42 heavy (non-hydrogen) atoms. The minimum absolute atomic E-state index is 0.270. The summed E-state index contributed by atoms with van der Waals surface area (Å²) in [6, 6.07) is 10.7. The van der Waals surface area contributed by atoms with Gasteiger partial charge >= 0.3 is 0 Å². The second-order valence-electron chi connectivity index (χ2n) is 9.90. The van der Waals surface area contributed by atoms with Gasteiger partial charge in [-0.2, -0.15) is 4.98 Å². The summed E-state index contributed by atoms with van der Waals surface area (Å²) >= 11 is 5.32. The zero-order valence-electron chi connectivity index (χ0n) is 25.0. The number of halogens is 1. The van der Waals surface area contributed by atoms with Crippen molar-refractivity contribution < 1.29 is 19.0 Å². The van der Waals surface area contributed by atoms with Gasteiger partial charge in [-0.1, -0.05) is 57.0 Å². The van der Waals surface area contributed by atoms with Crippen molar-refractivity contribution in [3.05, 3.63) is 57.7 Å². The molecule has 0 bridgehead atoms. The fraction of sp³-hybridized carbons (Fsp3) is 0.452. The number of fused-ring (bicyclic) bond motifs is 1. The molecule has 9 nitrogen and oxygen atoms in total. The van der Waals surface area contributed by atoms with Crippen LogP contribution in [0.4, 0.5) is 11.6 Å². The van der Waals surface area contributed by atoms with Crippen molar-refractivity contribution in [3.63, 3.8) is 0 Å².